The van der Waals surface area contributed by atoms with Crippen molar-refractivity contribution in [2.75, 3.05) is 26.2 Å². The molecule has 2 aliphatic carbocycles. The van der Waals surface area contributed by atoms with E-state index in [0.29, 0.717) is 29.8 Å². The highest BCUT2D eigenvalue weighted by Gasteiger charge is 2.42. The molecule has 0 saturated heterocycles. The Morgan fingerprint density at radius 3 is 2.61 bits per heavy atom. The lowest BCUT2D eigenvalue weighted by Crippen LogP contribution is -2.46. The van der Waals surface area contributed by atoms with Crippen molar-refractivity contribution in [2.45, 2.75) is 59.3 Å². The lowest BCUT2D eigenvalue weighted by atomic mass is 9.74. The number of amides is 2. The summed E-state index contributed by atoms with van der Waals surface area (Å²) < 4.78 is 5.32. The number of carbonyl (C=O) groups excluding carboxylic acids is 3. The van der Waals surface area contributed by atoms with Crippen LogP contribution in [0.3, 0.4) is 0 Å². The van der Waals surface area contributed by atoms with Crippen molar-refractivity contribution >= 4 is 17.8 Å². The average Bonchev–Trinajstić information content (AvgIpc) is 2.81. The quantitative estimate of drug-likeness (QED) is 0.189. The van der Waals surface area contributed by atoms with Gasteiger partial charge in [-0.15, -0.1) is 0 Å². The van der Waals surface area contributed by atoms with Crippen molar-refractivity contribution in [3.8, 4) is 0 Å². The van der Waals surface area contributed by atoms with Crippen molar-refractivity contribution < 1.29 is 19.1 Å². The second kappa shape index (κ2) is 11.3. The summed E-state index contributed by atoms with van der Waals surface area (Å²) in [5.41, 5.74) is 3.59. The number of esters is 1. The first-order chi connectivity index (χ1) is 15.9. The van der Waals surface area contributed by atoms with Crippen LogP contribution in [0.25, 0.3) is 0 Å². The summed E-state index contributed by atoms with van der Waals surface area (Å²) in [6.07, 6.45) is 13.5. The first kappa shape index (κ1) is 24.7. The predicted molar refractivity (Wildman–Crippen MR) is 129 cm³/mol. The van der Waals surface area contributed by atoms with Gasteiger partial charge in [0.15, 0.2) is 0 Å². The van der Waals surface area contributed by atoms with Gasteiger partial charge in [-0.25, -0.2) is 4.79 Å². The molecule has 1 heterocycles. The molecule has 6 nitrogen and oxygen atoms in total. The minimum atomic E-state index is -0.389. The number of hydrogen-bond acceptors (Lipinski definition) is 5. The molecule has 6 heteroatoms. The molecule has 1 atom stereocenters. The van der Waals surface area contributed by atoms with Crippen molar-refractivity contribution in [3.05, 3.63) is 58.9 Å². The molecule has 0 aromatic heterocycles. The summed E-state index contributed by atoms with van der Waals surface area (Å²) in [6.45, 7) is 11.6. The predicted octanol–water partition coefficient (Wildman–Crippen LogP) is 4.46. The Hall–Kier alpha value is -2.89. The largest absolute Gasteiger partial charge is 0.460 e. The van der Waals surface area contributed by atoms with E-state index < -0.39 is 0 Å². The summed E-state index contributed by atoms with van der Waals surface area (Å²) in [7, 11) is 0. The highest BCUT2D eigenvalue weighted by Crippen LogP contribution is 2.43. The Labute approximate surface area is 197 Å². The smallest absolute Gasteiger partial charge is 0.333 e. The summed E-state index contributed by atoms with van der Waals surface area (Å²) in [5.74, 6) is -0.783. The first-order valence-electron chi connectivity index (χ1n) is 12.2. The Balaban J connectivity index is 1.84. The molecule has 0 saturated carbocycles. The van der Waals surface area contributed by atoms with Gasteiger partial charge in [-0.2, -0.15) is 0 Å². The van der Waals surface area contributed by atoms with Crippen LogP contribution in [0.15, 0.2) is 58.9 Å². The summed E-state index contributed by atoms with van der Waals surface area (Å²) in [5, 5.41) is 0. The molecule has 0 N–H and O–H groups in total. The van der Waals surface area contributed by atoms with Gasteiger partial charge in [0.2, 0.25) is 0 Å². The fraction of sp³-hybridized carbons (Fsp3) is 0.519. The molecule has 0 bridgehead atoms. The molecular formula is C27H36N2O4. The van der Waals surface area contributed by atoms with Gasteiger partial charge in [0.1, 0.15) is 6.61 Å². The molecule has 0 spiro atoms. The van der Waals surface area contributed by atoms with E-state index in [2.05, 4.69) is 25.3 Å². The van der Waals surface area contributed by atoms with Crippen molar-refractivity contribution in [2.24, 2.45) is 5.92 Å². The fourth-order valence-electron chi connectivity index (χ4n) is 4.69. The minimum Gasteiger partial charge on any atom is -0.460 e. The third kappa shape index (κ3) is 5.37. The van der Waals surface area contributed by atoms with Gasteiger partial charge >= 0.3 is 5.97 Å². The molecule has 1 unspecified atom stereocenters. The minimum absolute atomic E-state index is 0.0384. The van der Waals surface area contributed by atoms with E-state index in [0.717, 1.165) is 56.3 Å². The molecule has 0 aromatic rings. The number of imide groups is 1. The Kier molecular flexibility index (Phi) is 8.48. The molecule has 3 aliphatic rings. The molecule has 0 radical (unpaired) electrons. The topological polar surface area (TPSA) is 66.9 Å². The fourth-order valence-corrected chi connectivity index (χ4v) is 4.69. The maximum absolute atomic E-state index is 13.2. The zero-order chi connectivity index (χ0) is 24.0. The molecular weight excluding hydrogens is 416 g/mol. The number of ether oxygens (including phenoxy) is 1. The number of allylic oxidation sites excluding steroid dienone is 4. The lowest BCUT2D eigenvalue weighted by molar-refractivity contribution is -0.141. The number of hydrogen-bond donors (Lipinski definition) is 0. The van der Waals surface area contributed by atoms with E-state index in [-0.39, 0.29) is 30.3 Å². The van der Waals surface area contributed by atoms with E-state index in [4.69, 9.17) is 4.74 Å². The third-order valence-electron chi connectivity index (χ3n) is 6.35. The highest BCUT2D eigenvalue weighted by atomic mass is 16.5. The number of unbranched alkanes of at least 4 members (excludes halogenated alkanes) is 3. The number of carbonyl (C=O) groups is 3. The average molecular weight is 453 g/mol. The molecule has 2 amide bonds. The van der Waals surface area contributed by atoms with Crippen LogP contribution in [0.4, 0.5) is 0 Å². The zero-order valence-electron chi connectivity index (χ0n) is 20.2. The maximum Gasteiger partial charge on any atom is 0.333 e. The van der Waals surface area contributed by atoms with Crippen LogP contribution in [0.2, 0.25) is 0 Å². The van der Waals surface area contributed by atoms with Gasteiger partial charge in [0.05, 0.1) is 6.54 Å². The highest BCUT2D eigenvalue weighted by molar-refractivity contribution is 6.18. The van der Waals surface area contributed by atoms with Gasteiger partial charge in [-0.1, -0.05) is 51.8 Å². The molecule has 0 aromatic carbocycles. The molecule has 3 rings (SSSR count). The van der Waals surface area contributed by atoms with Crippen LogP contribution in [0, 0.1) is 5.92 Å². The standard InChI is InChI=1S/C27H36N2O4/c1-5-7-8-9-16-29-25(30)21-12-10-11-20-23(14-13-22(24(20)21)26(29)31)28(15-6-2)17-18-33-27(32)19(3)4/h10,12-14,20H,3,5-9,11,15-18H2,1-2,4H3. The van der Waals surface area contributed by atoms with Gasteiger partial charge < -0.3 is 9.64 Å². The van der Waals surface area contributed by atoms with Crippen molar-refractivity contribution in [1.82, 2.24) is 9.80 Å². The van der Waals surface area contributed by atoms with E-state index in [9.17, 15) is 14.4 Å². The first-order valence-corrected chi connectivity index (χ1v) is 12.2. The van der Waals surface area contributed by atoms with E-state index in [1.54, 1.807) is 6.92 Å². The lowest BCUT2D eigenvalue weighted by Gasteiger charge is -2.40. The maximum atomic E-state index is 13.2. The van der Waals surface area contributed by atoms with Gasteiger partial charge in [-0.3, -0.25) is 14.5 Å². The Morgan fingerprint density at radius 2 is 1.91 bits per heavy atom. The van der Waals surface area contributed by atoms with Crippen molar-refractivity contribution in [1.29, 1.82) is 0 Å². The van der Waals surface area contributed by atoms with Crippen LogP contribution in [0.1, 0.15) is 59.3 Å². The Morgan fingerprint density at radius 1 is 1.12 bits per heavy atom. The Bertz CT molecular complexity index is 938. The van der Waals surface area contributed by atoms with E-state index >= 15 is 0 Å². The zero-order valence-corrected chi connectivity index (χ0v) is 20.2. The molecule has 33 heavy (non-hydrogen) atoms. The molecule has 0 fully saturated rings. The number of rotatable bonds is 12. The van der Waals surface area contributed by atoms with Gasteiger partial charge in [0, 0.05) is 41.4 Å². The van der Waals surface area contributed by atoms with Crippen LogP contribution >= 0.6 is 0 Å². The summed E-state index contributed by atoms with van der Waals surface area (Å²) >= 11 is 0. The third-order valence-corrected chi connectivity index (χ3v) is 6.35. The van der Waals surface area contributed by atoms with Crippen LogP contribution in [-0.2, 0) is 19.1 Å². The summed E-state index contributed by atoms with van der Waals surface area (Å²) in [6, 6.07) is 0. The second-order valence-corrected chi connectivity index (χ2v) is 8.92. The second-order valence-electron chi connectivity index (χ2n) is 8.92. The normalized spacial score (nSPS) is 19.2. The molecule has 1 aliphatic heterocycles. The molecule has 178 valence electrons. The SMILES string of the molecule is C=C(C)C(=O)OCCN(CCC)C1=CC=C2C(=O)N(CCCCCC)C(=O)C3=C2C1CC=C3. The van der Waals surface area contributed by atoms with Crippen LogP contribution in [0.5, 0.6) is 0 Å². The van der Waals surface area contributed by atoms with E-state index in [1.807, 2.05) is 24.3 Å². The van der Waals surface area contributed by atoms with Crippen LogP contribution in [-0.4, -0.2) is 53.8 Å². The van der Waals surface area contributed by atoms with Crippen LogP contribution < -0.4 is 0 Å². The van der Waals surface area contributed by atoms with Crippen molar-refractivity contribution in [3.63, 3.8) is 0 Å². The number of nitrogens with zero attached hydrogens (tertiary/aromatic N) is 2. The summed E-state index contributed by atoms with van der Waals surface area (Å²) in [4.78, 5) is 41.9. The van der Waals surface area contributed by atoms with Gasteiger partial charge in [0.25, 0.3) is 11.8 Å². The van der Waals surface area contributed by atoms with E-state index in [1.165, 1.54) is 4.90 Å². The van der Waals surface area contributed by atoms with Gasteiger partial charge in [-0.05, 0) is 43.9 Å². The monoisotopic (exact) mass is 452 g/mol.